The Morgan fingerprint density at radius 1 is 1.48 bits per heavy atom. The van der Waals surface area contributed by atoms with E-state index in [0.29, 0.717) is 15.2 Å². The molecule has 2 rings (SSSR count). The number of aromatic nitrogens is 3. The highest BCUT2D eigenvalue weighted by atomic mass is 35.5. The lowest BCUT2D eigenvalue weighted by molar-refractivity contribution is -0.119. The Morgan fingerprint density at radius 3 is 2.86 bits per heavy atom. The molecule has 2 aromatic rings. The van der Waals surface area contributed by atoms with Gasteiger partial charge in [0.05, 0.1) is 21.8 Å². The molecular formula is C12H13Cl2N5OS. The second-order valence-corrected chi connectivity index (χ2v) is 6.03. The third kappa shape index (κ3) is 4.26. The van der Waals surface area contributed by atoms with Gasteiger partial charge in [0.2, 0.25) is 11.1 Å². The van der Waals surface area contributed by atoms with Crippen LogP contribution in [0.2, 0.25) is 10.0 Å². The predicted molar refractivity (Wildman–Crippen MR) is 83.9 cm³/mol. The number of amides is 1. The smallest absolute Gasteiger partial charge is 0.230 e. The lowest BCUT2D eigenvalue weighted by atomic mass is 10.1. The van der Waals surface area contributed by atoms with Gasteiger partial charge in [0.15, 0.2) is 0 Å². The number of hydrogen-bond acceptors (Lipinski definition) is 5. The first-order chi connectivity index (χ1) is 9.97. The zero-order chi connectivity index (χ0) is 15.4. The number of hydrogen-bond donors (Lipinski definition) is 2. The van der Waals surface area contributed by atoms with Gasteiger partial charge in [0, 0.05) is 0 Å². The van der Waals surface area contributed by atoms with E-state index in [2.05, 4.69) is 15.5 Å². The van der Waals surface area contributed by atoms with Crippen LogP contribution in [0.15, 0.2) is 29.7 Å². The van der Waals surface area contributed by atoms with Gasteiger partial charge in [0.1, 0.15) is 6.33 Å². The Kier molecular flexibility index (Phi) is 5.33. The zero-order valence-corrected chi connectivity index (χ0v) is 13.4. The molecule has 21 heavy (non-hydrogen) atoms. The van der Waals surface area contributed by atoms with E-state index >= 15 is 0 Å². The molecule has 0 saturated heterocycles. The molecule has 0 bridgehead atoms. The van der Waals surface area contributed by atoms with Gasteiger partial charge in [0.25, 0.3) is 0 Å². The predicted octanol–water partition coefficient (Wildman–Crippen LogP) is 2.27. The summed E-state index contributed by atoms with van der Waals surface area (Å²) >= 11 is 13.0. The lowest BCUT2D eigenvalue weighted by Gasteiger charge is -2.14. The molecule has 1 heterocycles. The van der Waals surface area contributed by atoms with Gasteiger partial charge in [-0.25, -0.2) is 4.68 Å². The molecule has 1 aromatic carbocycles. The average molecular weight is 346 g/mol. The number of thioether (sulfide) groups is 1. The van der Waals surface area contributed by atoms with Crippen LogP contribution in [0.5, 0.6) is 0 Å². The topological polar surface area (TPSA) is 85.8 Å². The van der Waals surface area contributed by atoms with Crippen molar-refractivity contribution in [2.75, 3.05) is 11.6 Å². The van der Waals surface area contributed by atoms with Crippen molar-refractivity contribution in [3.05, 3.63) is 40.1 Å². The molecule has 112 valence electrons. The number of rotatable bonds is 5. The van der Waals surface area contributed by atoms with Crippen molar-refractivity contribution in [1.29, 1.82) is 0 Å². The van der Waals surface area contributed by atoms with Crippen LogP contribution in [0, 0.1) is 0 Å². The molecule has 0 aliphatic heterocycles. The molecule has 0 saturated carbocycles. The van der Waals surface area contributed by atoms with Gasteiger partial charge in [-0.05, 0) is 24.6 Å². The van der Waals surface area contributed by atoms with Crippen LogP contribution in [0.1, 0.15) is 18.5 Å². The maximum atomic E-state index is 11.9. The number of benzene rings is 1. The second kappa shape index (κ2) is 7.02. The van der Waals surface area contributed by atoms with Crippen LogP contribution in [0.4, 0.5) is 0 Å². The quantitative estimate of drug-likeness (QED) is 0.641. The summed E-state index contributed by atoms with van der Waals surface area (Å²) < 4.78 is 1.26. The Balaban J connectivity index is 1.89. The van der Waals surface area contributed by atoms with Gasteiger partial charge in [-0.2, -0.15) is 0 Å². The summed E-state index contributed by atoms with van der Waals surface area (Å²) in [7, 11) is 0. The normalized spacial score (nSPS) is 12.1. The number of carbonyl (C=O) groups is 1. The first kappa shape index (κ1) is 15.9. The highest BCUT2D eigenvalue weighted by Gasteiger charge is 2.12. The Bertz CT molecular complexity index is 648. The maximum Gasteiger partial charge on any atom is 0.230 e. The van der Waals surface area contributed by atoms with Gasteiger partial charge in [-0.15, -0.1) is 10.2 Å². The molecule has 6 nitrogen and oxygen atoms in total. The molecular weight excluding hydrogens is 333 g/mol. The molecule has 1 amide bonds. The molecule has 0 aliphatic carbocycles. The third-order valence-corrected chi connectivity index (χ3v) is 4.39. The van der Waals surface area contributed by atoms with Crippen molar-refractivity contribution >= 4 is 40.9 Å². The van der Waals surface area contributed by atoms with E-state index in [1.165, 1.54) is 22.8 Å². The van der Waals surface area contributed by atoms with Crippen LogP contribution >= 0.6 is 35.0 Å². The van der Waals surface area contributed by atoms with Gasteiger partial charge in [-0.1, -0.05) is 41.0 Å². The standard InChI is InChI=1S/C12H13Cl2N5OS/c1-7(8-2-3-9(13)10(14)4-8)17-11(20)5-21-12-18-16-6-19(12)15/h2-4,6-7H,5,15H2,1H3,(H,17,20)/t7-/m1/s1. The van der Waals surface area contributed by atoms with Crippen molar-refractivity contribution in [2.45, 2.75) is 18.1 Å². The van der Waals surface area contributed by atoms with E-state index in [0.717, 1.165) is 5.56 Å². The minimum absolute atomic E-state index is 0.137. The minimum Gasteiger partial charge on any atom is -0.349 e. The lowest BCUT2D eigenvalue weighted by Crippen LogP contribution is -2.28. The fraction of sp³-hybridized carbons (Fsp3) is 0.250. The summed E-state index contributed by atoms with van der Waals surface area (Å²) in [5.41, 5.74) is 0.879. The van der Waals surface area contributed by atoms with Crippen molar-refractivity contribution in [3.8, 4) is 0 Å². The molecule has 1 atom stereocenters. The van der Waals surface area contributed by atoms with E-state index in [-0.39, 0.29) is 17.7 Å². The van der Waals surface area contributed by atoms with Crippen molar-refractivity contribution in [2.24, 2.45) is 0 Å². The minimum atomic E-state index is -0.177. The van der Waals surface area contributed by atoms with E-state index in [4.69, 9.17) is 29.0 Å². The average Bonchev–Trinajstić information content (AvgIpc) is 2.85. The summed E-state index contributed by atoms with van der Waals surface area (Å²) in [5.74, 6) is 5.62. The maximum absolute atomic E-state index is 11.9. The fourth-order valence-corrected chi connectivity index (χ4v) is 2.56. The summed E-state index contributed by atoms with van der Waals surface area (Å²) in [5, 5.41) is 11.7. The monoisotopic (exact) mass is 345 g/mol. The number of nitrogens with zero attached hydrogens (tertiary/aromatic N) is 3. The van der Waals surface area contributed by atoms with E-state index in [9.17, 15) is 4.79 Å². The van der Waals surface area contributed by atoms with Crippen LogP contribution in [-0.4, -0.2) is 26.5 Å². The highest BCUT2D eigenvalue weighted by molar-refractivity contribution is 7.99. The highest BCUT2D eigenvalue weighted by Crippen LogP contribution is 2.25. The molecule has 0 radical (unpaired) electrons. The Labute approximate surface area is 136 Å². The summed E-state index contributed by atoms with van der Waals surface area (Å²) in [4.78, 5) is 11.9. The second-order valence-electron chi connectivity index (χ2n) is 4.27. The molecule has 9 heteroatoms. The third-order valence-electron chi connectivity index (χ3n) is 2.69. The van der Waals surface area contributed by atoms with Crippen molar-refractivity contribution in [1.82, 2.24) is 20.2 Å². The summed E-state index contributed by atoms with van der Waals surface area (Å²) in [6.07, 6.45) is 1.37. The first-order valence-corrected chi connectivity index (χ1v) is 7.73. The van der Waals surface area contributed by atoms with E-state index < -0.39 is 0 Å². The Hall–Kier alpha value is -1.44. The molecule has 0 aliphatic rings. The van der Waals surface area contributed by atoms with Crippen LogP contribution < -0.4 is 11.2 Å². The summed E-state index contributed by atoms with van der Waals surface area (Å²) in [6.45, 7) is 1.87. The van der Waals surface area contributed by atoms with Crippen molar-refractivity contribution < 1.29 is 4.79 Å². The first-order valence-electron chi connectivity index (χ1n) is 5.99. The number of nitrogens with two attached hydrogens (primary N) is 1. The molecule has 0 fully saturated rings. The Morgan fingerprint density at radius 2 is 2.24 bits per heavy atom. The van der Waals surface area contributed by atoms with Crippen LogP contribution in [-0.2, 0) is 4.79 Å². The number of halogens is 2. The summed E-state index contributed by atoms with van der Waals surface area (Å²) in [6, 6.07) is 5.08. The van der Waals surface area contributed by atoms with Crippen molar-refractivity contribution in [3.63, 3.8) is 0 Å². The van der Waals surface area contributed by atoms with Gasteiger partial charge in [-0.3, -0.25) is 4.79 Å². The SMILES string of the molecule is C[C@@H](NC(=O)CSc1nncn1N)c1ccc(Cl)c(Cl)c1. The molecule has 3 N–H and O–H groups in total. The molecule has 0 unspecified atom stereocenters. The van der Waals surface area contributed by atoms with Crippen LogP contribution in [0.25, 0.3) is 0 Å². The zero-order valence-electron chi connectivity index (χ0n) is 11.1. The van der Waals surface area contributed by atoms with Crippen LogP contribution in [0.3, 0.4) is 0 Å². The van der Waals surface area contributed by atoms with E-state index in [1.54, 1.807) is 12.1 Å². The largest absolute Gasteiger partial charge is 0.349 e. The number of carbonyl (C=O) groups excluding carboxylic acids is 1. The number of nitrogens with one attached hydrogen (secondary N) is 1. The molecule has 0 spiro atoms. The number of nitrogen functional groups attached to an aromatic ring is 1. The van der Waals surface area contributed by atoms with E-state index in [1.807, 2.05) is 13.0 Å². The van der Waals surface area contributed by atoms with Gasteiger partial charge < -0.3 is 11.2 Å². The fourth-order valence-electron chi connectivity index (χ4n) is 1.61. The molecule has 1 aromatic heterocycles. The van der Waals surface area contributed by atoms with Gasteiger partial charge >= 0.3 is 0 Å².